The molecule has 0 heterocycles. The van der Waals surface area contributed by atoms with Crippen molar-refractivity contribution in [2.45, 2.75) is 39.2 Å². The molecular formula is C26H28N2O3. The first-order valence-electron chi connectivity index (χ1n) is 10.6. The molecule has 0 aromatic heterocycles. The molecule has 2 N–H and O–H groups in total. The van der Waals surface area contributed by atoms with Crippen molar-refractivity contribution in [2.75, 3.05) is 10.6 Å². The second-order valence-corrected chi connectivity index (χ2v) is 7.39. The van der Waals surface area contributed by atoms with Gasteiger partial charge in [-0.05, 0) is 73.9 Å². The molecule has 3 aromatic carbocycles. The smallest absolute Gasteiger partial charge is 0.265 e. The lowest BCUT2D eigenvalue weighted by molar-refractivity contribution is -0.122. The molecule has 0 aliphatic carbocycles. The van der Waals surface area contributed by atoms with Gasteiger partial charge in [0, 0.05) is 16.9 Å². The molecule has 3 rings (SSSR count). The van der Waals surface area contributed by atoms with Crippen molar-refractivity contribution in [1.82, 2.24) is 0 Å². The van der Waals surface area contributed by atoms with Crippen molar-refractivity contribution in [1.29, 1.82) is 0 Å². The standard InChI is InChI=1S/C26H28N2O3/c1-3-4-8-20-11-15-23(16-12-20)28-26(30)21-13-17-24(18-14-21)31-19(2)25(29)27-22-9-6-5-7-10-22/h5-7,9-19H,3-4,8H2,1-2H3,(H,27,29)(H,28,30)/t19-/m0/s1. The highest BCUT2D eigenvalue weighted by Crippen LogP contribution is 2.17. The van der Waals surface area contributed by atoms with E-state index in [4.69, 9.17) is 4.74 Å². The maximum atomic E-state index is 12.5. The highest BCUT2D eigenvalue weighted by molar-refractivity contribution is 6.04. The van der Waals surface area contributed by atoms with E-state index in [2.05, 4.69) is 17.6 Å². The average Bonchev–Trinajstić information content (AvgIpc) is 2.79. The quantitative estimate of drug-likeness (QED) is 0.471. The largest absolute Gasteiger partial charge is 0.481 e. The van der Waals surface area contributed by atoms with Gasteiger partial charge in [-0.25, -0.2) is 0 Å². The van der Waals surface area contributed by atoms with Gasteiger partial charge in [-0.3, -0.25) is 9.59 Å². The summed E-state index contributed by atoms with van der Waals surface area (Å²) >= 11 is 0. The van der Waals surface area contributed by atoms with Crippen LogP contribution in [-0.2, 0) is 11.2 Å². The number of para-hydroxylation sites is 1. The third-order valence-electron chi connectivity index (χ3n) is 4.87. The number of ether oxygens (including phenoxy) is 1. The molecule has 5 heteroatoms. The van der Waals surface area contributed by atoms with Crippen LogP contribution in [0, 0.1) is 0 Å². The van der Waals surface area contributed by atoms with E-state index < -0.39 is 6.10 Å². The zero-order valence-corrected chi connectivity index (χ0v) is 17.9. The lowest BCUT2D eigenvalue weighted by atomic mass is 10.1. The van der Waals surface area contributed by atoms with E-state index in [0.29, 0.717) is 17.0 Å². The van der Waals surface area contributed by atoms with E-state index >= 15 is 0 Å². The van der Waals surface area contributed by atoms with Gasteiger partial charge in [-0.1, -0.05) is 43.7 Å². The molecule has 0 radical (unpaired) electrons. The first-order valence-corrected chi connectivity index (χ1v) is 10.6. The zero-order valence-electron chi connectivity index (χ0n) is 17.9. The first-order chi connectivity index (χ1) is 15.0. The van der Waals surface area contributed by atoms with E-state index in [0.717, 1.165) is 24.9 Å². The Labute approximate surface area is 183 Å². The van der Waals surface area contributed by atoms with Gasteiger partial charge >= 0.3 is 0 Å². The fraction of sp³-hybridized carbons (Fsp3) is 0.231. The Morgan fingerprint density at radius 1 is 0.839 bits per heavy atom. The predicted octanol–water partition coefficient (Wildman–Crippen LogP) is 5.69. The predicted molar refractivity (Wildman–Crippen MR) is 125 cm³/mol. The van der Waals surface area contributed by atoms with Crippen LogP contribution in [0.25, 0.3) is 0 Å². The maximum absolute atomic E-state index is 12.5. The lowest BCUT2D eigenvalue weighted by Crippen LogP contribution is -2.30. The fourth-order valence-corrected chi connectivity index (χ4v) is 3.05. The third-order valence-corrected chi connectivity index (χ3v) is 4.87. The number of hydrogen-bond donors (Lipinski definition) is 2. The second kappa shape index (κ2) is 11.0. The van der Waals surface area contributed by atoms with Gasteiger partial charge in [0.1, 0.15) is 5.75 Å². The number of carbonyl (C=O) groups is 2. The molecule has 160 valence electrons. The Hall–Kier alpha value is -3.60. The summed E-state index contributed by atoms with van der Waals surface area (Å²) in [5.41, 5.74) is 3.26. The Bertz CT molecular complexity index is 983. The van der Waals surface area contributed by atoms with Gasteiger partial charge < -0.3 is 15.4 Å². The van der Waals surface area contributed by atoms with E-state index in [9.17, 15) is 9.59 Å². The Morgan fingerprint density at radius 2 is 1.48 bits per heavy atom. The minimum Gasteiger partial charge on any atom is -0.481 e. The second-order valence-electron chi connectivity index (χ2n) is 7.39. The lowest BCUT2D eigenvalue weighted by Gasteiger charge is -2.15. The Kier molecular flexibility index (Phi) is 7.82. The van der Waals surface area contributed by atoms with Crippen LogP contribution < -0.4 is 15.4 Å². The summed E-state index contributed by atoms with van der Waals surface area (Å²) in [6.45, 7) is 3.86. The van der Waals surface area contributed by atoms with Gasteiger partial charge in [-0.2, -0.15) is 0 Å². The molecule has 1 atom stereocenters. The zero-order chi connectivity index (χ0) is 22.1. The van der Waals surface area contributed by atoms with E-state index in [1.54, 1.807) is 31.2 Å². The van der Waals surface area contributed by atoms with Crippen LogP contribution in [0.2, 0.25) is 0 Å². The van der Waals surface area contributed by atoms with Crippen molar-refractivity contribution in [3.63, 3.8) is 0 Å². The van der Waals surface area contributed by atoms with Crippen molar-refractivity contribution in [3.05, 3.63) is 90.0 Å². The van der Waals surface area contributed by atoms with Gasteiger partial charge in [0.05, 0.1) is 0 Å². The van der Waals surface area contributed by atoms with Crippen LogP contribution in [0.4, 0.5) is 11.4 Å². The average molecular weight is 417 g/mol. The summed E-state index contributed by atoms with van der Waals surface area (Å²) in [6.07, 6.45) is 2.70. The maximum Gasteiger partial charge on any atom is 0.265 e. The minimum atomic E-state index is -0.675. The highest BCUT2D eigenvalue weighted by Gasteiger charge is 2.15. The molecule has 0 fully saturated rings. The van der Waals surface area contributed by atoms with Gasteiger partial charge in [-0.15, -0.1) is 0 Å². The molecule has 2 amide bonds. The van der Waals surface area contributed by atoms with Crippen molar-refractivity contribution in [2.24, 2.45) is 0 Å². The number of anilines is 2. The number of nitrogens with one attached hydrogen (secondary N) is 2. The Balaban J connectivity index is 1.53. The van der Waals surface area contributed by atoms with E-state index in [1.807, 2.05) is 54.6 Å². The Morgan fingerprint density at radius 3 is 2.13 bits per heavy atom. The van der Waals surface area contributed by atoms with Gasteiger partial charge in [0.25, 0.3) is 11.8 Å². The number of unbranched alkanes of at least 4 members (excludes halogenated alkanes) is 1. The highest BCUT2D eigenvalue weighted by atomic mass is 16.5. The number of benzene rings is 3. The molecule has 0 aliphatic rings. The van der Waals surface area contributed by atoms with Gasteiger partial charge in [0.2, 0.25) is 0 Å². The monoisotopic (exact) mass is 416 g/mol. The SMILES string of the molecule is CCCCc1ccc(NC(=O)c2ccc(O[C@@H](C)C(=O)Nc3ccccc3)cc2)cc1. The van der Waals surface area contributed by atoms with Crippen molar-refractivity contribution < 1.29 is 14.3 Å². The van der Waals surface area contributed by atoms with Crippen LogP contribution in [0.5, 0.6) is 5.75 Å². The fourth-order valence-electron chi connectivity index (χ4n) is 3.05. The number of carbonyl (C=O) groups excluding carboxylic acids is 2. The summed E-state index contributed by atoms with van der Waals surface area (Å²) in [4.78, 5) is 24.8. The van der Waals surface area contributed by atoms with Gasteiger partial charge in [0.15, 0.2) is 6.10 Å². The molecule has 0 unspecified atom stereocenters. The molecule has 31 heavy (non-hydrogen) atoms. The van der Waals surface area contributed by atoms with Crippen LogP contribution in [-0.4, -0.2) is 17.9 Å². The van der Waals surface area contributed by atoms with Crippen LogP contribution >= 0.6 is 0 Å². The first kappa shape index (κ1) is 22.1. The van der Waals surface area contributed by atoms with E-state index in [-0.39, 0.29) is 11.8 Å². The summed E-state index contributed by atoms with van der Waals surface area (Å²) in [5.74, 6) is 0.0886. The topological polar surface area (TPSA) is 67.4 Å². The molecule has 5 nitrogen and oxygen atoms in total. The summed E-state index contributed by atoms with van der Waals surface area (Å²) in [6, 6.07) is 23.9. The number of aryl methyl sites for hydroxylation is 1. The third kappa shape index (κ3) is 6.71. The summed E-state index contributed by atoms with van der Waals surface area (Å²) < 4.78 is 5.70. The molecular weight excluding hydrogens is 388 g/mol. The number of hydrogen-bond acceptors (Lipinski definition) is 3. The molecule has 3 aromatic rings. The summed E-state index contributed by atoms with van der Waals surface area (Å²) in [7, 11) is 0. The molecule has 0 saturated heterocycles. The van der Waals surface area contributed by atoms with Crippen LogP contribution in [0.3, 0.4) is 0 Å². The normalized spacial score (nSPS) is 11.4. The van der Waals surface area contributed by atoms with Crippen molar-refractivity contribution in [3.8, 4) is 5.75 Å². The van der Waals surface area contributed by atoms with Crippen LogP contribution in [0.15, 0.2) is 78.9 Å². The number of amides is 2. The van der Waals surface area contributed by atoms with Crippen molar-refractivity contribution >= 4 is 23.2 Å². The minimum absolute atomic E-state index is 0.192. The molecule has 0 saturated carbocycles. The molecule has 0 spiro atoms. The van der Waals surface area contributed by atoms with Crippen LogP contribution in [0.1, 0.15) is 42.6 Å². The molecule has 0 aliphatic heterocycles. The van der Waals surface area contributed by atoms with E-state index in [1.165, 1.54) is 5.56 Å². The summed E-state index contributed by atoms with van der Waals surface area (Å²) in [5, 5.41) is 5.71. The number of rotatable bonds is 9. The molecule has 0 bridgehead atoms.